The van der Waals surface area contributed by atoms with E-state index in [1.165, 1.54) is 18.3 Å². The summed E-state index contributed by atoms with van der Waals surface area (Å²) in [5, 5.41) is 21.9. The van der Waals surface area contributed by atoms with Gasteiger partial charge in [-0.25, -0.2) is 13.2 Å². The molecule has 2 atom stereocenters. The monoisotopic (exact) mass is 402 g/mol. The number of hydrogen-bond donors (Lipinski definition) is 2. The zero-order chi connectivity index (χ0) is 20.5. The van der Waals surface area contributed by atoms with E-state index in [1.54, 1.807) is 6.92 Å². The van der Waals surface area contributed by atoms with Crippen LogP contribution >= 0.6 is 0 Å². The first kappa shape index (κ1) is 19.4. The third kappa shape index (κ3) is 3.85. The second kappa shape index (κ2) is 7.87. The fraction of sp³-hybridized carbons (Fsp3) is 0.333. The molecule has 2 heterocycles. The Morgan fingerprint density at radius 2 is 2.00 bits per heavy atom. The van der Waals surface area contributed by atoms with Crippen LogP contribution in [0.5, 0.6) is 0 Å². The minimum atomic E-state index is -2.87. The lowest BCUT2D eigenvalue weighted by Gasteiger charge is -2.21. The van der Waals surface area contributed by atoms with Gasteiger partial charge in [0.2, 0.25) is 0 Å². The summed E-state index contributed by atoms with van der Waals surface area (Å²) in [4.78, 5) is 2.09. The van der Waals surface area contributed by atoms with E-state index in [4.69, 9.17) is 0 Å². The summed E-state index contributed by atoms with van der Waals surface area (Å²) >= 11 is 0. The molecule has 5 nitrogen and oxygen atoms in total. The normalized spacial score (nSPS) is 17.9. The van der Waals surface area contributed by atoms with Gasteiger partial charge in [-0.15, -0.1) is 0 Å². The molecule has 2 aromatic carbocycles. The second-order valence-corrected chi connectivity index (χ2v) is 7.27. The van der Waals surface area contributed by atoms with E-state index in [0.717, 1.165) is 23.7 Å². The van der Waals surface area contributed by atoms with Crippen LogP contribution in [0.25, 0.3) is 10.9 Å². The van der Waals surface area contributed by atoms with E-state index >= 15 is 0 Å². The van der Waals surface area contributed by atoms with Crippen LogP contribution in [0, 0.1) is 5.82 Å². The molecule has 1 aliphatic rings. The molecule has 1 aromatic heterocycles. The van der Waals surface area contributed by atoms with Crippen LogP contribution in [0.3, 0.4) is 0 Å². The highest BCUT2D eigenvalue weighted by Crippen LogP contribution is 2.32. The van der Waals surface area contributed by atoms with Crippen molar-refractivity contribution in [2.45, 2.75) is 31.9 Å². The van der Waals surface area contributed by atoms with Crippen molar-refractivity contribution in [3.63, 3.8) is 0 Å². The summed E-state index contributed by atoms with van der Waals surface area (Å²) in [5.41, 5.74) is 1.79. The van der Waals surface area contributed by atoms with Crippen LogP contribution in [-0.2, 0) is 0 Å². The van der Waals surface area contributed by atoms with Crippen molar-refractivity contribution in [2.24, 2.45) is 0 Å². The molecule has 1 fully saturated rings. The topological polar surface area (TPSA) is 61.3 Å². The number of benzene rings is 2. The Bertz CT molecular complexity index is 1030. The van der Waals surface area contributed by atoms with Crippen molar-refractivity contribution in [3.05, 3.63) is 59.5 Å². The average molecular weight is 402 g/mol. The third-order valence-corrected chi connectivity index (χ3v) is 5.28. The van der Waals surface area contributed by atoms with E-state index < -0.39 is 23.8 Å². The highest BCUT2D eigenvalue weighted by molar-refractivity contribution is 5.93. The maximum atomic E-state index is 14.5. The largest absolute Gasteiger partial charge is 0.391 e. The van der Waals surface area contributed by atoms with Crippen LogP contribution < -0.4 is 10.2 Å². The highest BCUT2D eigenvalue weighted by Gasteiger charge is 2.22. The molecule has 4 rings (SSSR count). The van der Waals surface area contributed by atoms with Crippen LogP contribution in [0.1, 0.15) is 36.9 Å². The molecule has 29 heavy (non-hydrogen) atoms. The van der Waals surface area contributed by atoms with Gasteiger partial charge in [0.25, 0.3) is 6.43 Å². The lowest BCUT2D eigenvalue weighted by molar-refractivity contribution is 0.146. The van der Waals surface area contributed by atoms with E-state index in [9.17, 15) is 18.3 Å². The van der Waals surface area contributed by atoms with Crippen molar-refractivity contribution in [2.75, 3.05) is 23.3 Å². The molecule has 8 heteroatoms. The predicted molar refractivity (Wildman–Crippen MR) is 106 cm³/mol. The Morgan fingerprint density at radius 1 is 1.21 bits per heavy atom. The van der Waals surface area contributed by atoms with Crippen LogP contribution in [0.4, 0.5) is 24.5 Å². The van der Waals surface area contributed by atoms with Crippen molar-refractivity contribution in [1.29, 1.82) is 0 Å². The molecule has 0 bridgehead atoms. The van der Waals surface area contributed by atoms with Crippen LogP contribution in [0.15, 0.2) is 42.6 Å². The number of anilines is 2. The summed E-state index contributed by atoms with van der Waals surface area (Å²) < 4.78 is 40.6. The number of nitrogens with one attached hydrogen (secondary N) is 1. The maximum absolute atomic E-state index is 14.5. The number of hydrogen-bond acceptors (Lipinski definition) is 5. The Labute approximate surface area is 166 Å². The molecule has 0 spiro atoms. The number of aliphatic hydroxyl groups is 1. The number of β-amino-alcohol motifs (C(OH)–C–C–N with tert-alkyl or cyclic N) is 1. The van der Waals surface area contributed by atoms with E-state index in [2.05, 4.69) is 20.4 Å². The summed E-state index contributed by atoms with van der Waals surface area (Å²) in [5.74, 6) is -0.902. The van der Waals surface area contributed by atoms with E-state index in [-0.39, 0.29) is 11.7 Å². The number of nitrogens with zero attached hydrogens (tertiary/aromatic N) is 3. The van der Waals surface area contributed by atoms with E-state index in [1.807, 2.05) is 18.2 Å². The predicted octanol–water partition coefficient (Wildman–Crippen LogP) is 4.45. The highest BCUT2D eigenvalue weighted by atomic mass is 19.3. The van der Waals surface area contributed by atoms with Crippen LogP contribution in [-0.4, -0.2) is 34.5 Å². The zero-order valence-electron chi connectivity index (χ0n) is 15.8. The smallest absolute Gasteiger partial charge is 0.266 e. The van der Waals surface area contributed by atoms with Gasteiger partial charge in [-0.05, 0) is 31.5 Å². The molecular formula is C21H21F3N4O. The molecule has 0 aliphatic carbocycles. The molecule has 3 aromatic rings. The molecule has 152 valence electrons. The molecule has 0 unspecified atom stereocenters. The number of alkyl halides is 2. The Kier molecular flexibility index (Phi) is 5.27. The Hall–Kier alpha value is -2.87. The fourth-order valence-electron chi connectivity index (χ4n) is 3.72. The summed E-state index contributed by atoms with van der Waals surface area (Å²) in [6, 6.07) is 9.17. The molecule has 0 radical (unpaired) electrons. The Morgan fingerprint density at radius 3 is 2.72 bits per heavy atom. The minimum absolute atomic E-state index is 0.159. The van der Waals surface area contributed by atoms with Gasteiger partial charge in [0.05, 0.1) is 35.1 Å². The van der Waals surface area contributed by atoms with Gasteiger partial charge < -0.3 is 15.3 Å². The molecule has 0 saturated carbocycles. The molecule has 2 N–H and O–H groups in total. The van der Waals surface area contributed by atoms with Crippen molar-refractivity contribution < 1.29 is 18.3 Å². The van der Waals surface area contributed by atoms with Crippen molar-refractivity contribution in [1.82, 2.24) is 10.2 Å². The fourth-order valence-corrected chi connectivity index (χ4v) is 3.72. The van der Waals surface area contributed by atoms with Gasteiger partial charge in [0.1, 0.15) is 5.82 Å². The van der Waals surface area contributed by atoms with Crippen molar-refractivity contribution in [3.8, 4) is 0 Å². The summed E-state index contributed by atoms with van der Waals surface area (Å²) in [6.07, 6.45) is -0.960. The van der Waals surface area contributed by atoms with Gasteiger partial charge in [-0.2, -0.15) is 10.2 Å². The first-order valence-electron chi connectivity index (χ1n) is 9.45. The van der Waals surface area contributed by atoms with Gasteiger partial charge >= 0.3 is 0 Å². The minimum Gasteiger partial charge on any atom is -0.391 e. The lowest BCUT2D eigenvalue weighted by Crippen LogP contribution is -2.21. The number of fused-ring (bicyclic) bond motifs is 1. The third-order valence-electron chi connectivity index (χ3n) is 5.28. The Balaban J connectivity index is 1.66. The number of halogens is 3. The van der Waals surface area contributed by atoms with Gasteiger partial charge in [-0.3, -0.25) is 0 Å². The van der Waals surface area contributed by atoms with Crippen molar-refractivity contribution >= 4 is 22.3 Å². The summed E-state index contributed by atoms with van der Waals surface area (Å²) in [6.45, 7) is 3.03. The van der Waals surface area contributed by atoms with E-state index in [0.29, 0.717) is 24.2 Å². The van der Waals surface area contributed by atoms with Gasteiger partial charge in [0.15, 0.2) is 0 Å². The molecule has 0 amide bonds. The molecule has 1 saturated heterocycles. The molecule has 1 aliphatic heterocycles. The number of aromatic nitrogens is 2. The molecular weight excluding hydrogens is 381 g/mol. The first-order valence-corrected chi connectivity index (χ1v) is 9.45. The van der Waals surface area contributed by atoms with Gasteiger partial charge in [-0.1, -0.05) is 18.2 Å². The number of aliphatic hydroxyl groups excluding tert-OH is 1. The SMILES string of the molecule is C[C@@H](Nc1cnnc2ccc(N3CC[C@H](O)C3)cc12)c1cccc(C(F)F)c1F. The standard InChI is InChI=1S/C21H21F3N4O/c1-12(15-3-2-4-16(20(15)22)21(23)24)26-19-10-25-27-18-6-5-13(9-17(18)19)28-8-7-14(29)11-28/h2-6,9-10,12,14,21,29H,7-8,11H2,1H3,(H,26,27)/t12-,14+/m1/s1. The average Bonchev–Trinajstić information content (AvgIpc) is 3.14. The number of rotatable bonds is 5. The first-order chi connectivity index (χ1) is 13.9. The second-order valence-electron chi connectivity index (χ2n) is 7.27. The summed E-state index contributed by atoms with van der Waals surface area (Å²) in [7, 11) is 0. The maximum Gasteiger partial charge on any atom is 0.266 e. The van der Waals surface area contributed by atoms with Gasteiger partial charge in [0, 0.05) is 29.7 Å². The van der Waals surface area contributed by atoms with Crippen LogP contribution in [0.2, 0.25) is 0 Å². The lowest BCUT2D eigenvalue weighted by atomic mass is 10.0. The zero-order valence-corrected chi connectivity index (χ0v) is 15.8. The quantitative estimate of drug-likeness (QED) is 0.660.